The minimum absolute atomic E-state index is 0.0777. The molecule has 4 rings (SSSR count). The van der Waals surface area contributed by atoms with E-state index in [1.165, 1.54) is 17.2 Å². The van der Waals surface area contributed by atoms with Crippen molar-refractivity contribution in [3.05, 3.63) is 35.1 Å². The van der Waals surface area contributed by atoms with E-state index in [1.54, 1.807) is 18.2 Å². The van der Waals surface area contributed by atoms with E-state index in [-0.39, 0.29) is 18.4 Å². The summed E-state index contributed by atoms with van der Waals surface area (Å²) in [7, 11) is 0. The van der Waals surface area contributed by atoms with Gasteiger partial charge >= 0.3 is 0 Å². The fourth-order valence-corrected chi connectivity index (χ4v) is 4.32. The van der Waals surface area contributed by atoms with Crippen molar-refractivity contribution in [2.24, 2.45) is 11.0 Å². The SMILES string of the molecule is O=C(NCc1cc(Cl)ccc1-n1cnnn1)C1CC=NN1C(=O)[C@H](O)C1CCCCC1. The summed E-state index contributed by atoms with van der Waals surface area (Å²) in [5, 5.41) is 30.2. The molecule has 1 unspecified atom stereocenters. The summed E-state index contributed by atoms with van der Waals surface area (Å²) in [6.07, 6.45) is 6.91. The lowest BCUT2D eigenvalue weighted by Gasteiger charge is -2.29. The highest BCUT2D eigenvalue weighted by molar-refractivity contribution is 6.30. The summed E-state index contributed by atoms with van der Waals surface area (Å²) >= 11 is 6.12. The zero-order valence-electron chi connectivity index (χ0n) is 16.9. The molecule has 2 atom stereocenters. The van der Waals surface area contributed by atoms with Gasteiger partial charge < -0.3 is 10.4 Å². The first kappa shape index (κ1) is 21.4. The molecule has 0 spiro atoms. The Bertz CT molecular complexity index is 960. The molecule has 31 heavy (non-hydrogen) atoms. The number of benzene rings is 1. The Morgan fingerprint density at radius 2 is 2.06 bits per heavy atom. The number of rotatable bonds is 6. The van der Waals surface area contributed by atoms with Crippen molar-refractivity contribution in [1.82, 2.24) is 30.5 Å². The number of hydrogen-bond acceptors (Lipinski definition) is 7. The van der Waals surface area contributed by atoms with Crippen LogP contribution in [0.2, 0.25) is 5.02 Å². The van der Waals surface area contributed by atoms with Gasteiger partial charge in [0.1, 0.15) is 18.5 Å². The molecule has 2 N–H and O–H groups in total. The molecule has 1 aliphatic carbocycles. The molecule has 0 saturated heterocycles. The number of carbonyl (C=O) groups is 2. The summed E-state index contributed by atoms with van der Waals surface area (Å²) in [5.74, 6) is -0.951. The first-order chi connectivity index (χ1) is 15.0. The third-order valence-electron chi connectivity index (χ3n) is 5.80. The van der Waals surface area contributed by atoms with Crippen LogP contribution in [0.1, 0.15) is 44.1 Å². The van der Waals surface area contributed by atoms with E-state index in [4.69, 9.17) is 11.6 Å². The smallest absolute Gasteiger partial charge is 0.272 e. The molecule has 1 saturated carbocycles. The summed E-state index contributed by atoms with van der Waals surface area (Å²) in [5.41, 5.74) is 1.39. The van der Waals surface area contributed by atoms with Gasteiger partial charge in [0.05, 0.1) is 5.69 Å². The molecule has 0 bridgehead atoms. The Labute approximate surface area is 184 Å². The number of halogens is 1. The number of aliphatic hydroxyl groups excluding tert-OH is 1. The van der Waals surface area contributed by atoms with Crippen molar-refractivity contribution in [1.29, 1.82) is 0 Å². The average molecular weight is 446 g/mol. The van der Waals surface area contributed by atoms with Gasteiger partial charge in [-0.3, -0.25) is 9.59 Å². The molecule has 1 aromatic heterocycles. The van der Waals surface area contributed by atoms with Gasteiger partial charge in [-0.1, -0.05) is 30.9 Å². The zero-order chi connectivity index (χ0) is 21.8. The van der Waals surface area contributed by atoms with Crippen LogP contribution in [0.25, 0.3) is 5.69 Å². The van der Waals surface area contributed by atoms with Crippen molar-refractivity contribution < 1.29 is 14.7 Å². The Kier molecular flexibility index (Phi) is 6.57. The average Bonchev–Trinajstić information content (AvgIpc) is 3.49. The van der Waals surface area contributed by atoms with Crippen molar-refractivity contribution >= 4 is 29.6 Å². The predicted molar refractivity (Wildman–Crippen MR) is 112 cm³/mol. The normalized spacial score (nSPS) is 20.1. The summed E-state index contributed by atoms with van der Waals surface area (Å²) in [6, 6.07) is 4.40. The van der Waals surface area contributed by atoms with Gasteiger partial charge in [0.25, 0.3) is 5.91 Å². The van der Waals surface area contributed by atoms with Crippen LogP contribution in [-0.4, -0.2) is 60.5 Å². The molecule has 1 aliphatic heterocycles. The fraction of sp³-hybridized carbons (Fsp3) is 0.500. The third-order valence-corrected chi connectivity index (χ3v) is 6.03. The summed E-state index contributed by atoms with van der Waals surface area (Å²) in [6.45, 7) is 0.165. The molecular weight excluding hydrogens is 422 g/mol. The molecule has 164 valence electrons. The number of tetrazole rings is 1. The molecular formula is C20H24ClN7O3. The van der Waals surface area contributed by atoms with Crippen LogP contribution in [0.15, 0.2) is 29.6 Å². The van der Waals surface area contributed by atoms with Crippen molar-refractivity contribution in [3.8, 4) is 5.69 Å². The molecule has 10 nitrogen and oxygen atoms in total. The van der Waals surface area contributed by atoms with Crippen LogP contribution in [0.5, 0.6) is 0 Å². The van der Waals surface area contributed by atoms with Crippen molar-refractivity contribution in [3.63, 3.8) is 0 Å². The molecule has 1 aromatic carbocycles. The Morgan fingerprint density at radius 3 is 2.81 bits per heavy atom. The number of aromatic nitrogens is 4. The second kappa shape index (κ2) is 9.52. The monoisotopic (exact) mass is 445 g/mol. The number of amides is 2. The fourth-order valence-electron chi connectivity index (χ4n) is 4.12. The second-order valence-electron chi connectivity index (χ2n) is 7.82. The van der Waals surface area contributed by atoms with Gasteiger partial charge in [0.15, 0.2) is 0 Å². The largest absolute Gasteiger partial charge is 0.383 e. The van der Waals surface area contributed by atoms with Gasteiger partial charge in [-0.15, -0.1) is 5.10 Å². The maximum absolute atomic E-state index is 12.9. The first-order valence-electron chi connectivity index (χ1n) is 10.4. The maximum atomic E-state index is 12.9. The van der Waals surface area contributed by atoms with E-state index in [0.717, 1.165) is 37.1 Å². The van der Waals surface area contributed by atoms with Crippen LogP contribution >= 0.6 is 11.6 Å². The predicted octanol–water partition coefficient (Wildman–Crippen LogP) is 1.46. The van der Waals surface area contributed by atoms with Crippen LogP contribution in [0.3, 0.4) is 0 Å². The second-order valence-corrected chi connectivity index (χ2v) is 8.26. The molecule has 2 aromatic rings. The molecule has 2 heterocycles. The van der Waals surface area contributed by atoms with Crippen LogP contribution in [0.4, 0.5) is 0 Å². The maximum Gasteiger partial charge on any atom is 0.272 e. The Balaban J connectivity index is 1.42. The van der Waals surface area contributed by atoms with Gasteiger partial charge in [-0.25, -0.2) is 9.69 Å². The third kappa shape index (κ3) is 4.75. The van der Waals surface area contributed by atoms with Crippen molar-refractivity contribution in [2.45, 2.75) is 57.2 Å². The number of hydrogen-bond donors (Lipinski definition) is 2. The van der Waals surface area contributed by atoms with Gasteiger partial charge in [0, 0.05) is 24.2 Å². The molecule has 1 fully saturated rings. The number of carbonyl (C=O) groups excluding carboxylic acids is 2. The molecule has 2 amide bonds. The quantitative estimate of drug-likeness (QED) is 0.693. The first-order valence-corrected chi connectivity index (χ1v) is 10.8. The van der Waals surface area contributed by atoms with E-state index in [0.29, 0.717) is 22.7 Å². The van der Waals surface area contributed by atoms with E-state index in [2.05, 4.69) is 25.9 Å². The number of aliphatic hydroxyl groups is 1. The highest BCUT2D eigenvalue weighted by atomic mass is 35.5. The highest BCUT2D eigenvalue weighted by Crippen LogP contribution is 2.28. The summed E-state index contributed by atoms with van der Waals surface area (Å²) < 4.78 is 1.48. The Morgan fingerprint density at radius 1 is 1.26 bits per heavy atom. The van der Waals surface area contributed by atoms with Crippen LogP contribution in [0, 0.1) is 5.92 Å². The van der Waals surface area contributed by atoms with Crippen LogP contribution < -0.4 is 5.32 Å². The zero-order valence-corrected chi connectivity index (χ0v) is 17.6. The number of nitrogens with one attached hydrogen (secondary N) is 1. The lowest BCUT2D eigenvalue weighted by atomic mass is 9.85. The van der Waals surface area contributed by atoms with E-state index >= 15 is 0 Å². The van der Waals surface area contributed by atoms with E-state index in [9.17, 15) is 14.7 Å². The van der Waals surface area contributed by atoms with E-state index in [1.807, 2.05) is 0 Å². The standard InChI is InChI=1S/C20H24ClN7O3/c21-15-6-7-16(27-12-23-25-26-27)14(10-15)11-22-19(30)17-8-9-24-28(17)20(31)18(29)13-4-2-1-3-5-13/h6-7,9-10,12-13,17-18,29H,1-5,8,11H2,(H,22,30)/t17?,18-/m1/s1. The topological polar surface area (TPSA) is 126 Å². The van der Waals surface area contributed by atoms with Crippen molar-refractivity contribution in [2.75, 3.05) is 0 Å². The van der Waals surface area contributed by atoms with Gasteiger partial charge in [-0.2, -0.15) is 5.10 Å². The lowest BCUT2D eigenvalue weighted by Crippen LogP contribution is -2.49. The van der Waals surface area contributed by atoms with E-state index < -0.39 is 18.1 Å². The lowest BCUT2D eigenvalue weighted by molar-refractivity contribution is -0.149. The summed E-state index contributed by atoms with van der Waals surface area (Å²) in [4.78, 5) is 25.7. The molecule has 0 radical (unpaired) electrons. The minimum Gasteiger partial charge on any atom is -0.383 e. The highest BCUT2D eigenvalue weighted by Gasteiger charge is 2.38. The van der Waals surface area contributed by atoms with Gasteiger partial charge in [0.2, 0.25) is 5.91 Å². The van der Waals surface area contributed by atoms with Crippen LogP contribution in [-0.2, 0) is 16.1 Å². The molecule has 2 aliphatic rings. The number of nitrogens with zero attached hydrogens (tertiary/aromatic N) is 6. The number of hydrazone groups is 1. The Hall–Kier alpha value is -2.85. The minimum atomic E-state index is -1.13. The van der Waals surface area contributed by atoms with Gasteiger partial charge in [-0.05, 0) is 52.9 Å². The molecule has 11 heteroatoms.